The highest BCUT2D eigenvalue weighted by Crippen LogP contribution is 2.26. The molecule has 0 spiro atoms. The van der Waals surface area contributed by atoms with Gasteiger partial charge in [0, 0.05) is 38.3 Å². The minimum Gasteiger partial charge on any atom is -0.352 e. The zero-order valence-electron chi connectivity index (χ0n) is 17.8. The average Bonchev–Trinajstić information content (AvgIpc) is 3.38. The molecule has 2 aromatic heterocycles. The van der Waals surface area contributed by atoms with Crippen molar-refractivity contribution in [1.29, 1.82) is 0 Å². The molecule has 7 nitrogen and oxygen atoms in total. The van der Waals surface area contributed by atoms with Crippen LogP contribution in [0.3, 0.4) is 0 Å². The fourth-order valence-corrected chi connectivity index (χ4v) is 4.56. The van der Waals surface area contributed by atoms with Crippen LogP contribution >= 0.6 is 22.9 Å². The van der Waals surface area contributed by atoms with Gasteiger partial charge in [0.15, 0.2) is 5.82 Å². The van der Waals surface area contributed by atoms with Gasteiger partial charge in [0.05, 0.1) is 15.6 Å². The van der Waals surface area contributed by atoms with Crippen molar-refractivity contribution in [1.82, 2.24) is 20.0 Å². The first kappa shape index (κ1) is 22.2. The van der Waals surface area contributed by atoms with Crippen molar-refractivity contribution in [2.75, 3.05) is 44.2 Å². The molecule has 1 saturated heterocycles. The molecule has 4 rings (SSSR count). The Kier molecular flexibility index (Phi) is 7.02. The molecule has 3 aromatic rings. The number of likely N-dealkylation sites (N-methyl/N-ethyl adjacent to an activating group) is 1. The van der Waals surface area contributed by atoms with Crippen LogP contribution in [0.25, 0.3) is 11.3 Å². The zero-order valence-corrected chi connectivity index (χ0v) is 19.3. The van der Waals surface area contributed by atoms with E-state index in [1.807, 2.05) is 59.7 Å². The summed E-state index contributed by atoms with van der Waals surface area (Å²) < 4.78 is 0. The Hall–Kier alpha value is -2.97. The molecule has 0 atom stereocenters. The van der Waals surface area contributed by atoms with Crippen molar-refractivity contribution in [3.63, 3.8) is 0 Å². The smallest absolute Gasteiger partial charge is 0.264 e. The molecule has 3 heterocycles. The molecule has 0 N–H and O–H groups in total. The van der Waals surface area contributed by atoms with Gasteiger partial charge in [-0.15, -0.1) is 21.5 Å². The summed E-state index contributed by atoms with van der Waals surface area (Å²) in [5.74, 6) is 0.649. The summed E-state index contributed by atoms with van der Waals surface area (Å²) in [4.78, 5) is 31.5. The first-order chi connectivity index (χ1) is 15.6. The van der Waals surface area contributed by atoms with Gasteiger partial charge in [-0.25, -0.2) is 0 Å². The van der Waals surface area contributed by atoms with Gasteiger partial charge in [0.2, 0.25) is 5.91 Å². The lowest BCUT2D eigenvalue weighted by Crippen LogP contribution is -2.52. The fraction of sp³-hybridized carbons (Fsp3) is 0.304. The van der Waals surface area contributed by atoms with E-state index in [2.05, 4.69) is 15.1 Å². The maximum Gasteiger partial charge on any atom is 0.264 e. The summed E-state index contributed by atoms with van der Waals surface area (Å²) in [5.41, 5.74) is 1.57. The number of hydrogen-bond donors (Lipinski definition) is 0. The van der Waals surface area contributed by atoms with E-state index in [1.165, 1.54) is 11.3 Å². The Bertz CT molecular complexity index is 1070. The third kappa shape index (κ3) is 4.92. The maximum absolute atomic E-state index is 12.8. The monoisotopic (exact) mass is 469 g/mol. The number of carbonyl (C=O) groups excluding carboxylic acids is 2. The second kappa shape index (κ2) is 10.1. The number of halogens is 1. The number of thiophene rings is 1. The maximum atomic E-state index is 12.8. The number of amides is 2. The molecule has 0 saturated carbocycles. The lowest BCUT2D eigenvalue weighted by atomic mass is 10.1. The molecule has 0 unspecified atom stereocenters. The highest BCUT2D eigenvalue weighted by Gasteiger charge is 2.25. The summed E-state index contributed by atoms with van der Waals surface area (Å²) in [6.45, 7) is 4.97. The van der Waals surface area contributed by atoms with E-state index in [4.69, 9.17) is 11.6 Å². The second-order valence-electron chi connectivity index (χ2n) is 7.42. The standard InChI is InChI=1S/C23H24ClN5O2S/c1-2-27(23(31)20-8-5-15-32-20)16-22(30)29-13-11-28(12-14-29)21-10-9-19(25-26-21)17-6-3-4-7-18(17)24/h3-10,15H,2,11-14,16H2,1H3. The number of benzene rings is 1. The molecule has 0 aliphatic carbocycles. The van der Waals surface area contributed by atoms with Crippen LogP contribution in [0.15, 0.2) is 53.9 Å². The topological polar surface area (TPSA) is 69.6 Å². The third-order valence-corrected chi connectivity index (χ3v) is 6.67. The number of rotatable bonds is 6. The van der Waals surface area contributed by atoms with Gasteiger partial charge in [0.1, 0.15) is 6.54 Å². The van der Waals surface area contributed by atoms with E-state index in [1.54, 1.807) is 11.0 Å². The second-order valence-corrected chi connectivity index (χ2v) is 8.78. The molecule has 1 aliphatic heterocycles. The number of carbonyl (C=O) groups is 2. The van der Waals surface area contributed by atoms with E-state index >= 15 is 0 Å². The van der Waals surface area contributed by atoms with Gasteiger partial charge in [0.25, 0.3) is 5.91 Å². The van der Waals surface area contributed by atoms with Crippen LogP contribution in [0.5, 0.6) is 0 Å². The van der Waals surface area contributed by atoms with Crippen molar-refractivity contribution in [2.45, 2.75) is 6.92 Å². The highest BCUT2D eigenvalue weighted by molar-refractivity contribution is 7.12. The number of nitrogens with zero attached hydrogens (tertiary/aromatic N) is 5. The number of aromatic nitrogens is 2. The zero-order chi connectivity index (χ0) is 22.5. The molecule has 9 heteroatoms. The van der Waals surface area contributed by atoms with Gasteiger partial charge < -0.3 is 14.7 Å². The van der Waals surface area contributed by atoms with Crippen LogP contribution in [-0.2, 0) is 4.79 Å². The minimum absolute atomic E-state index is 0.0310. The quantitative estimate of drug-likeness (QED) is 0.551. The van der Waals surface area contributed by atoms with E-state index in [0.717, 1.165) is 17.1 Å². The number of anilines is 1. The Balaban J connectivity index is 1.33. The molecular formula is C23H24ClN5O2S. The summed E-state index contributed by atoms with van der Waals surface area (Å²) in [7, 11) is 0. The molecule has 2 amide bonds. The van der Waals surface area contributed by atoms with Crippen LogP contribution in [0.4, 0.5) is 5.82 Å². The van der Waals surface area contributed by atoms with Gasteiger partial charge >= 0.3 is 0 Å². The summed E-state index contributed by atoms with van der Waals surface area (Å²) >= 11 is 7.64. The van der Waals surface area contributed by atoms with Crippen molar-refractivity contribution >= 4 is 40.6 Å². The van der Waals surface area contributed by atoms with Gasteiger partial charge in [-0.2, -0.15) is 0 Å². The van der Waals surface area contributed by atoms with E-state index in [-0.39, 0.29) is 18.4 Å². The fourth-order valence-electron chi connectivity index (χ4n) is 3.64. The summed E-state index contributed by atoms with van der Waals surface area (Å²) in [6.07, 6.45) is 0. The molecule has 1 aromatic carbocycles. The molecule has 1 aliphatic rings. The molecule has 1 fully saturated rings. The Labute approximate surface area is 196 Å². The molecule has 166 valence electrons. The van der Waals surface area contributed by atoms with E-state index in [0.29, 0.717) is 42.6 Å². The Morgan fingerprint density at radius 2 is 1.81 bits per heavy atom. The van der Waals surface area contributed by atoms with Crippen LogP contribution in [0, 0.1) is 0 Å². The van der Waals surface area contributed by atoms with Crippen molar-refractivity contribution in [2.24, 2.45) is 0 Å². The molecular weight excluding hydrogens is 446 g/mol. The SMILES string of the molecule is CCN(CC(=O)N1CCN(c2ccc(-c3ccccc3Cl)nn2)CC1)C(=O)c1cccs1. The lowest BCUT2D eigenvalue weighted by Gasteiger charge is -2.36. The van der Waals surface area contributed by atoms with Crippen molar-refractivity contribution in [3.05, 3.63) is 63.8 Å². The predicted octanol–water partition coefficient (Wildman–Crippen LogP) is 3.67. The molecule has 0 bridgehead atoms. The van der Waals surface area contributed by atoms with Gasteiger partial charge in [-0.3, -0.25) is 9.59 Å². The third-order valence-electron chi connectivity index (χ3n) is 5.48. The molecule has 0 radical (unpaired) electrons. The predicted molar refractivity (Wildman–Crippen MR) is 127 cm³/mol. The van der Waals surface area contributed by atoms with Crippen molar-refractivity contribution in [3.8, 4) is 11.3 Å². The molecule has 32 heavy (non-hydrogen) atoms. The van der Waals surface area contributed by atoms with Crippen LogP contribution in [0.1, 0.15) is 16.6 Å². The minimum atomic E-state index is -0.0941. The number of piperazine rings is 1. The highest BCUT2D eigenvalue weighted by atomic mass is 35.5. The first-order valence-electron chi connectivity index (χ1n) is 10.5. The van der Waals surface area contributed by atoms with Crippen LogP contribution in [-0.4, -0.2) is 71.1 Å². The Morgan fingerprint density at radius 3 is 2.44 bits per heavy atom. The van der Waals surface area contributed by atoms with Crippen molar-refractivity contribution < 1.29 is 9.59 Å². The normalized spacial score (nSPS) is 13.8. The van der Waals surface area contributed by atoms with E-state index < -0.39 is 0 Å². The summed E-state index contributed by atoms with van der Waals surface area (Å²) in [5, 5.41) is 11.2. The first-order valence-corrected chi connectivity index (χ1v) is 11.8. The lowest BCUT2D eigenvalue weighted by molar-refractivity contribution is -0.132. The van der Waals surface area contributed by atoms with Crippen LogP contribution < -0.4 is 4.90 Å². The van der Waals surface area contributed by atoms with Gasteiger partial charge in [-0.1, -0.05) is 35.9 Å². The van der Waals surface area contributed by atoms with Gasteiger partial charge in [-0.05, 0) is 36.6 Å². The number of hydrogen-bond acceptors (Lipinski definition) is 6. The Morgan fingerprint density at radius 1 is 1.03 bits per heavy atom. The average molecular weight is 470 g/mol. The van der Waals surface area contributed by atoms with Crippen LogP contribution in [0.2, 0.25) is 5.02 Å². The largest absolute Gasteiger partial charge is 0.352 e. The van der Waals surface area contributed by atoms with E-state index in [9.17, 15) is 9.59 Å². The summed E-state index contributed by atoms with van der Waals surface area (Å²) in [6, 6.07) is 15.0.